The molecule has 4 rings (SSSR count). The molecule has 0 aromatic heterocycles. The van der Waals surface area contributed by atoms with Crippen LogP contribution in [0.15, 0.2) is 72.8 Å². The number of carbonyl (C=O) groups excluding carboxylic acids is 1. The quantitative estimate of drug-likeness (QED) is 0.197. The Balaban J connectivity index is 1.70. The number of nitro groups is 1. The Morgan fingerprint density at radius 2 is 1.82 bits per heavy atom. The minimum atomic E-state index is -0.463. The molecule has 1 aliphatic rings. The lowest BCUT2D eigenvalue weighted by molar-refractivity contribution is -0.384. The highest BCUT2D eigenvalue weighted by molar-refractivity contribution is 6.37. The molecule has 0 saturated carbocycles. The molecule has 3 aromatic carbocycles. The number of amides is 1. The maximum atomic E-state index is 12.9. The predicted octanol–water partition coefficient (Wildman–Crippen LogP) is 4.26. The molecule has 33 heavy (non-hydrogen) atoms. The molecule has 0 radical (unpaired) electrons. The number of methoxy groups -OCH3 is 1. The van der Waals surface area contributed by atoms with E-state index in [9.17, 15) is 14.9 Å². The van der Waals surface area contributed by atoms with Crippen molar-refractivity contribution in [3.8, 4) is 0 Å². The molecule has 0 saturated heterocycles. The van der Waals surface area contributed by atoms with Gasteiger partial charge in [0.2, 0.25) is 0 Å². The first kappa shape index (κ1) is 22.2. The van der Waals surface area contributed by atoms with Crippen LogP contribution in [0.2, 0.25) is 0 Å². The molecule has 8 heteroatoms. The second-order valence-electron chi connectivity index (χ2n) is 7.55. The number of nitrogens with one attached hydrogen (secondary N) is 3. The number of hydrogen-bond acceptors (Lipinski definition) is 6. The zero-order valence-corrected chi connectivity index (χ0v) is 18.1. The van der Waals surface area contributed by atoms with Gasteiger partial charge in [0.1, 0.15) is 0 Å². The summed E-state index contributed by atoms with van der Waals surface area (Å²) < 4.78 is 5.04. The van der Waals surface area contributed by atoms with Gasteiger partial charge in [-0.25, -0.2) is 0 Å². The summed E-state index contributed by atoms with van der Waals surface area (Å²) in [7, 11) is 1.67. The van der Waals surface area contributed by atoms with E-state index in [0.717, 1.165) is 29.9 Å². The van der Waals surface area contributed by atoms with Gasteiger partial charge in [0, 0.05) is 49.3 Å². The Bertz CT molecular complexity index is 1190. The molecule has 1 amide bonds. The highest BCUT2D eigenvalue weighted by atomic mass is 16.6. The molecule has 0 atom stereocenters. The third kappa shape index (κ3) is 5.08. The summed E-state index contributed by atoms with van der Waals surface area (Å²) in [6.07, 6.45) is 0. The van der Waals surface area contributed by atoms with Crippen molar-refractivity contribution in [1.29, 1.82) is 0 Å². The molecular weight excluding hydrogens is 420 g/mol. The van der Waals surface area contributed by atoms with Crippen molar-refractivity contribution in [2.45, 2.75) is 6.54 Å². The zero-order chi connectivity index (χ0) is 23.2. The molecule has 0 fully saturated rings. The summed E-state index contributed by atoms with van der Waals surface area (Å²) in [6, 6.07) is 21.7. The Kier molecular flexibility index (Phi) is 6.77. The topological polar surface area (TPSA) is 106 Å². The Labute approximate surface area is 191 Å². The van der Waals surface area contributed by atoms with E-state index in [0.29, 0.717) is 29.1 Å². The summed E-state index contributed by atoms with van der Waals surface area (Å²) in [5.41, 5.74) is 4.64. The van der Waals surface area contributed by atoms with E-state index < -0.39 is 4.92 Å². The van der Waals surface area contributed by atoms with Crippen LogP contribution in [0.4, 0.5) is 17.1 Å². The Hall–Kier alpha value is -4.01. The zero-order valence-electron chi connectivity index (χ0n) is 18.1. The molecule has 0 unspecified atom stereocenters. The maximum Gasteiger partial charge on any atom is 0.270 e. The first-order valence-corrected chi connectivity index (χ1v) is 10.5. The minimum absolute atomic E-state index is 0.0690. The molecule has 8 nitrogen and oxygen atoms in total. The van der Waals surface area contributed by atoms with Gasteiger partial charge < -0.3 is 20.7 Å². The number of non-ortho nitro benzene ring substituents is 1. The smallest absolute Gasteiger partial charge is 0.270 e. The highest BCUT2D eigenvalue weighted by Gasteiger charge is 2.30. The van der Waals surface area contributed by atoms with Crippen LogP contribution in [0.25, 0.3) is 11.3 Å². The fraction of sp³-hybridized carbons (Fsp3) is 0.160. The number of fused-ring (bicyclic) bond motifs is 1. The lowest BCUT2D eigenvalue weighted by Crippen LogP contribution is -2.18. The van der Waals surface area contributed by atoms with Gasteiger partial charge in [-0.3, -0.25) is 14.9 Å². The second-order valence-corrected chi connectivity index (χ2v) is 7.55. The molecule has 3 N–H and O–H groups in total. The van der Waals surface area contributed by atoms with Crippen LogP contribution in [0.3, 0.4) is 0 Å². The van der Waals surface area contributed by atoms with Crippen molar-refractivity contribution < 1.29 is 14.5 Å². The first-order chi connectivity index (χ1) is 16.1. The molecular formula is C25H24N4O4. The van der Waals surface area contributed by atoms with Gasteiger partial charge in [0.15, 0.2) is 0 Å². The number of hydrogen-bond donors (Lipinski definition) is 3. The van der Waals surface area contributed by atoms with Crippen LogP contribution in [-0.4, -0.2) is 31.1 Å². The summed E-state index contributed by atoms with van der Waals surface area (Å²) in [6.45, 7) is 2.13. The van der Waals surface area contributed by atoms with E-state index in [1.54, 1.807) is 13.2 Å². The largest absolute Gasteiger partial charge is 0.383 e. The van der Waals surface area contributed by atoms with E-state index in [1.165, 1.54) is 12.1 Å². The van der Waals surface area contributed by atoms with Gasteiger partial charge in [-0.05, 0) is 29.3 Å². The summed E-state index contributed by atoms with van der Waals surface area (Å²) in [4.78, 5) is 23.8. The highest BCUT2D eigenvalue weighted by Crippen LogP contribution is 2.39. The van der Waals surface area contributed by atoms with E-state index in [2.05, 4.69) is 16.0 Å². The maximum absolute atomic E-state index is 12.9. The van der Waals surface area contributed by atoms with Crippen LogP contribution < -0.4 is 16.0 Å². The second kappa shape index (κ2) is 10.1. The third-order valence-corrected chi connectivity index (χ3v) is 5.31. The Morgan fingerprint density at radius 3 is 2.52 bits per heavy atom. The van der Waals surface area contributed by atoms with Crippen molar-refractivity contribution in [2.75, 3.05) is 30.9 Å². The van der Waals surface area contributed by atoms with Crippen molar-refractivity contribution in [2.24, 2.45) is 0 Å². The molecule has 168 valence electrons. The minimum Gasteiger partial charge on any atom is -0.383 e. The predicted molar refractivity (Wildman–Crippen MR) is 129 cm³/mol. The third-order valence-electron chi connectivity index (χ3n) is 5.31. The van der Waals surface area contributed by atoms with Crippen LogP contribution in [-0.2, 0) is 16.1 Å². The number of benzene rings is 3. The van der Waals surface area contributed by atoms with Crippen molar-refractivity contribution in [3.63, 3.8) is 0 Å². The number of nitrogens with zero attached hydrogens (tertiary/aromatic N) is 1. The normalized spacial score (nSPS) is 13.9. The molecule has 0 spiro atoms. The van der Waals surface area contributed by atoms with Gasteiger partial charge in [-0.2, -0.15) is 0 Å². The number of nitro benzene ring substituents is 1. The van der Waals surface area contributed by atoms with Crippen molar-refractivity contribution >= 4 is 34.2 Å². The van der Waals surface area contributed by atoms with Crippen LogP contribution in [0, 0.1) is 10.1 Å². The number of carbonyl (C=O) groups is 1. The molecule has 1 aliphatic heterocycles. The van der Waals surface area contributed by atoms with Crippen molar-refractivity contribution in [1.82, 2.24) is 5.32 Å². The van der Waals surface area contributed by atoms with Gasteiger partial charge in [0.05, 0.1) is 22.8 Å². The fourth-order valence-electron chi connectivity index (χ4n) is 3.66. The molecule has 0 aliphatic carbocycles. The van der Waals surface area contributed by atoms with E-state index in [-0.39, 0.29) is 11.6 Å². The Morgan fingerprint density at radius 1 is 1.06 bits per heavy atom. The lowest BCUT2D eigenvalue weighted by atomic mass is 9.99. The monoisotopic (exact) mass is 444 g/mol. The molecule has 3 aromatic rings. The van der Waals surface area contributed by atoms with Crippen LogP contribution in [0.1, 0.15) is 16.7 Å². The lowest BCUT2D eigenvalue weighted by Gasteiger charge is -2.15. The van der Waals surface area contributed by atoms with Crippen LogP contribution >= 0.6 is 0 Å². The average molecular weight is 444 g/mol. The van der Waals surface area contributed by atoms with E-state index in [1.807, 2.05) is 54.6 Å². The summed E-state index contributed by atoms with van der Waals surface area (Å²) in [5.74, 6) is -0.309. The molecule has 1 heterocycles. The van der Waals surface area contributed by atoms with Crippen molar-refractivity contribution in [3.05, 3.63) is 99.6 Å². The summed E-state index contributed by atoms with van der Waals surface area (Å²) >= 11 is 0. The van der Waals surface area contributed by atoms with Gasteiger partial charge in [-0.15, -0.1) is 0 Å². The van der Waals surface area contributed by atoms with E-state index >= 15 is 0 Å². The van der Waals surface area contributed by atoms with Gasteiger partial charge in [-0.1, -0.05) is 42.5 Å². The number of rotatable bonds is 9. The fourth-order valence-corrected chi connectivity index (χ4v) is 3.66. The van der Waals surface area contributed by atoms with E-state index in [4.69, 9.17) is 4.74 Å². The SMILES string of the molecule is COCCNCc1ccc(NC(=C2C(=O)Nc3ccc([N+](=O)[O-])cc32)c2ccccc2)cc1. The van der Waals surface area contributed by atoms with Gasteiger partial charge in [0.25, 0.3) is 11.6 Å². The number of anilines is 2. The van der Waals surface area contributed by atoms with Crippen LogP contribution in [0.5, 0.6) is 0 Å². The summed E-state index contributed by atoms with van der Waals surface area (Å²) in [5, 5.41) is 20.8. The average Bonchev–Trinajstić information content (AvgIpc) is 3.16. The molecule has 0 bridgehead atoms. The van der Waals surface area contributed by atoms with Gasteiger partial charge >= 0.3 is 0 Å². The first-order valence-electron chi connectivity index (χ1n) is 10.5. The standard InChI is InChI=1S/C25H24N4O4/c1-33-14-13-26-16-17-7-9-19(10-8-17)27-24(18-5-3-2-4-6-18)23-21-15-20(29(31)32)11-12-22(21)28-25(23)30/h2-12,15,26-27H,13-14,16H2,1H3,(H,28,30). The number of ether oxygens (including phenoxy) is 1.